The SMILES string of the molecule is CCOC(C)(C)Cn1nnnc1-c1ccc(F)cc1N. The largest absolute Gasteiger partial charge is 0.398 e. The molecule has 0 fully saturated rings. The van der Waals surface area contributed by atoms with Crippen LogP contribution in [0.15, 0.2) is 18.2 Å². The molecule has 0 atom stereocenters. The molecule has 108 valence electrons. The summed E-state index contributed by atoms with van der Waals surface area (Å²) in [5.41, 5.74) is 6.32. The zero-order valence-corrected chi connectivity index (χ0v) is 11.8. The molecule has 0 saturated heterocycles. The fourth-order valence-corrected chi connectivity index (χ4v) is 2.04. The highest BCUT2D eigenvalue weighted by molar-refractivity contribution is 5.71. The maximum Gasteiger partial charge on any atom is 0.184 e. The molecule has 0 aliphatic carbocycles. The number of hydrogen-bond donors (Lipinski definition) is 1. The number of benzene rings is 1. The number of nitrogens with two attached hydrogens (primary N) is 1. The van der Waals surface area contributed by atoms with Gasteiger partial charge >= 0.3 is 0 Å². The van der Waals surface area contributed by atoms with E-state index >= 15 is 0 Å². The maximum atomic E-state index is 13.1. The molecule has 2 N–H and O–H groups in total. The van der Waals surface area contributed by atoms with Crippen molar-refractivity contribution in [3.8, 4) is 11.4 Å². The minimum Gasteiger partial charge on any atom is -0.398 e. The molecule has 0 saturated carbocycles. The molecule has 0 unspecified atom stereocenters. The number of nitrogen functional groups attached to an aromatic ring is 1. The van der Waals surface area contributed by atoms with Crippen molar-refractivity contribution in [3.63, 3.8) is 0 Å². The van der Waals surface area contributed by atoms with Gasteiger partial charge in [0.25, 0.3) is 0 Å². The molecule has 1 aromatic heterocycles. The highest BCUT2D eigenvalue weighted by atomic mass is 19.1. The normalized spacial score (nSPS) is 11.8. The Hall–Kier alpha value is -2.02. The molecule has 0 bridgehead atoms. The van der Waals surface area contributed by atoms with Crippen molar-refractivity contribution in [2.45, 2.75) is 32.9 Å². The molecular weight excluding hydrogens is 261 g/mol. The predicted molar refractivity (Wildman–Crippen MR) is 73.3 cm³/mol. The van der Waals surface area contributed by atoms with Crippen LogP contribution in [0.3, 0.4) is 0 Å². The van der Waals surface area contributed by atoms with Gasteiger partial charge in [0, 0.05) is 17.9 Å². The summed E-state index contributed by atoms with van der Waals surface area (Å²) in [6.45, 7) is 6.91. The van der Waals surface area contributed by atoms with E-state index in [1.165, 1.54) is 12.1 Å². The van der Waals surface area contributed by atoms with Gasteiger partial charge in [0.1, 0.15) is 5.82 Å². The van der Waals surface area contributed by atoms with Gasteiger partial charge in [0.2, 0.25) is 0 Å². The molecule has 2 rings (SSSR count). The number of tetrazole rings is 1. The van der Waals surface area contributed by atoms with Crippen LogP contribution in [-0.4, -0.2) is 32.4 Å². The maximum absolute atomic E-state index is 13.1. The van der Waals surface area contributed by atoms with Crippen molar-refractivity contribution < 1.29 is 9.13 Å². The van der Waals surface area contributed by atoms with Crippen molar-refractivity contribution in [2.75, 3.05) is 12.3 Å². The number of rotatable bonds is 5. The van der Waals surface area contributed by atoms with Crippen LogP contribution in [0.5, 0.6) is 0 Å². The lowest BCUT2D eigenvalue weighted by Crippen LogP contribution is -2.31. The molecular formula is C13H18FN5O. The summed E-state index contributed by atoms with van der Waals surface area (Å²) in [5, 5.41) is 11.6. The van der Waals surface area contributed by atoms with Crippen molar-refractivity contribution in [3.05, 3.63) is 24.0 Å². The molecule has 1 aromatic carbocycles. The molecule has 0 aliphatic heterocycles. The Morgan fingerprint density at radius 3 is 2.80 bits per heavy atom. The number of aromatic nitrogens is 4. The van der Waals surface area contributed by atoms with Crippen LogP contribution in [0, 0.1) is 5.82 Å². The minimum absolute atomic E-state index is 0.301. The third kappa shape index (κ3) is 3.11. The Kier molecular flexibility index (Phi) is 3.99. The lowest BCUT2D eigenvalue weighted by molar-refractivity contribution is -0.0246. The third-order valence-electron chi connectivity index (χ3n) is 2.85. The van der Waals surface area contributed by atoms with Crippen molar-refractivity contribution in [2.24, 2.45) is 0 Å². The Morgan fingerprint density at radius 2 is 2.15 bits per heavy atom. The van der Waals surface area contributed by atoms with Gasteiger partial charge in [-0.1, -0.05) is 0 Å². The Bertz CT molecular complexity index is 596. The zero-order chi connectivity index (χ0) is 14.8. The average Bonchev–Trinajstić information content (AvgIpc) is 2.76. The number of anilines is 1. The first-order valence-electron chi connectivity index (χ1n) is 6.38. The second-order valence-corrected chi connectivity index (χ2v) is 5.08. The van der Waals surface area contributed by atoms with E-state index in [1.807, 2.05) is 20.8 Å². The Labute approximate surface area is 116 Å². The van der Waals surface area contributed by atoms with Crippen LogP contribution in [0.2, 0.25) is 0 Å². The van der Waals surface area contributed by atoms with Gasteiger partial charge in [-0.15, -0.1) is 5.10 Å². The third-order valence-corrected chi connectivity index (χ3v) is 2.85. The van der Waals surface area contributed by atoms with Crippen LogP contribution >= 0.6 is 0 Å². The summed E-state index contributed by atoms with van der Waals surface area (Å²) >= 11 is 0. The molecule has 1 heterocycles. The number of halogens is 1. The van der Waals surface area contributed by atoms with E-state index < -0.39 is 5.60 Å². The highest BCUT2D eigenvalue weighted by Gasteiger charge is 2.22. The minimum atomic E-state index is -0.409. The molecule has 2 aromatic rings. The summed E-state index contributed by atoms with van der Waals surface area (Å²) in [5.74, 6) is 0.107. The molecule has 20 heavy (non-hydrogen) atoms. The average molecular weight is 279 g/mol. The standard InChI is InChI=1S/C13H18FN5O/c1-4-20-13(2,3)8-19-12(16-17-18-19)10-6-5-9(14)7-11(10)15/h5-7H,4,8,15H2,1-3H3. The fraction of sp³-hybridized carbons (Fsp3) is 0.462. The van der Waals surface area contributed by atoms with E-state index in [-0.39, 0.29) is 5.82 Å². The number of ether oxygens (including phenoxy) is 1. The molecule has 0 spiro atoms. The van der Waals surface area contributed by atoms with Crippen molar-refractivity contribution in [1.29, 1.82) is 0 Å². The lowest BCUT2D eigenvalue weighted by atomic mass is 10.1. The number of hydrogen-bond acceptors (Lipinski definition) is 5. The summed E-state index contributed by atoms with van der Waals surface area (Å²) in [7, 11) is 0. The summed E-state index contributed by atoms with van der Waals surface area (Å²) in [6.07, 6.45) is 0. The van der Waals surface area contributed by atoms with Gasteiger partial charge in [-0.2, -0.15) is 0 Å². The molecule has 7 heteroatoms. The van der Waals surface area contributed by atoms with Gasteiger partial charge in [0.05, 0.1) is 12.1 Å². The Balaban J connectivity index is 2.33. The first-order valence-corrected chi connectivity index (χ1v) is 6.38. The lowest BCUT2D eigenvalue weighted by Gasteiger charge is -2.24. The van der Waals surface area contributed by atoms with Gasteiger partial charge in [-0.3, -0.25) is 0 Å². The highest BCUT2D eigenvalue weighted by Crippen LogP contribution is 2.25. The second-order valence-electron chi connectivity index (χ2n) is 5.08. The Morgan fingerprint density at radius 1 is 1.40 bits per heavy atom. The van der Waals surface area contributed by atoms with Gasteiger partial charge in [-0.05, 0) is 49.4 Å². The van der Waals surface area contributed by atoms with Crippen LogP contribution in [0.4, 0.5) is 10.1 Å². The van der Waals surface area contributed by atoms with E-state index in [0.29, 0.717) is 30.2 Å². The van der Waals surface area contributed by atoms with E-state index in [9.17, 15) is 4.39 Å². The quantitative estimate of drug-likeness (QED) is 0.845. The molecule has 0 aliphatic rings. The second kappa shape index (κ2) is 5.54. The van der Waals surface area contributed by atoms with Gasteiger partial charge in [0.15, 0.2) is 5.82 Å². The zero-order valence-electron chi connectivity index (χ0n) is 11.8. The molecule has 0 amide bonds. The van der Waals surface area contributed by atoms with Gasteiger partial charge in [-0.25, -0.2) is 9.07 Å². The fourth-order valence-electron chi connectivity index (χ4n) is 2.04. The first-order chi connectivity index (χ1) is 9.43. The monoisotopic (exact) mass is 279 g/mol. The first kappa shape index (κ1) is 14.4. The van der Waals surface area contributed by atoms with E-state index in [2.05, 4.69) is 15.5 Å². The van der Waals surface area contributed by atoms with E-state index in [4.69, 9.17) is 10.5 Å². The van der Waals surface area contributed by atoms with Crippen LogP contribution in [-0.2, 0) is 11.3 Å². The molecule has 6 nitrogen and oxygen atoms in total. The van der Waals surface area contributed by atoms with Gasteiger partial charge < -0.3 is 10.5 Å². The van der Waals surface area contributed by atoms with Crippen molar-refractivity contribution >= 4 is 5.69 Å². The van der Waals surface area contributed by atoms with Crippen LogP contribution in [0.1, 0.15) is 20.8 Å². The van der Waals surface area contributed by atoms with E-state index in [0.717, 1.165) is 0 Å². The molecule has 0 radical (unpaired) electrons. The summed E-state index contributed by atoms with van der Waals surface area (Å²) < 4.78 is 20.3. The van der Waals surface area contributed by atoms with Crippen molar-refractivity contribution in [1.82, 2.24) is 20.2 Å². The summed E-state index contributed by atoms with van der Waals surface area (Å²) in [6, 6.07) is 4.15. The van der Waals surface area contributed by atoms with Crippen LogP contribution in [0.25, 0.3) is 11.4 Å². The topological polar surface area (TPSA) is 78.8 Å². The summed E-state index contributed by atoms with van der Waals surface area (Å²) in [4.78, 5) is 0. The van der Waals surface area contributed by atoms with Crippen LogP contribution < -0.4 is 5.73 Å². The smallest absolute Gasteiger partial charge is 0.184 e. The predicted octanol–water partition coefficient (Wildman–Crippen LogP) is 1.88. The van der Waals surface area contributed by atoms with E-state index in [1.54, 1.807) is 10.7 Å². The number of nitrogens with zero attached hydrogens (tertiary/aromatic N) is 4.